The Bertz CT molecular complexity index is 413. The fourth-order valence-corrected chi connectivity index (χ4v) is 2.43. The van der Waals surface area contributed by atoms with Crippen LogP contribution in [0.5, 0.6) is 0 Å². The van der Waals surface area contributed by atoms with E-state index in [1.165, 1.54) is 0 Å². The normalized spacial score (nSPS) is 25.4. The third kappa shape index (κ3) is 2.84. The number of rotatable bonds is 2. The van der Waals surface area contributed by atoms with Gasteiger partial charge in [0, 0.05) is 25.2 Å². The average Bonchev–Trinajstić information content (AvgIpc) is 2.29. The zero-order chi connectivity index (χ0) is 13.3. The Morgan fingerprint density at radius 2 is 1.89 bits per heavy atom. The van der Waals surface area contributed by atoms with Crippen LogP contribution in [0.1, 0.15) is 25.3 Å². The van der Waals surface area contributed by atoms with Crippen LogP contribution in [0.2, 0.25) is 0 Å². The lowest BCUT2D eigenvalue weighted by Crippen LogP contribution is -2.44. The summed E-state index contributed by atoms with van der Waals surface area (Å²) >= 11 is 0. The number of halogens is 3. The van der Waals surface area contributed by atoms with Crippen LogP contribution >= 0.6 is 0 Å². The Kier molecular flexibility index (Phi) is 3.92. The summed E-state index contributed by atoms with van der Waals surface area (Å²) in [5.74, 6) is -3.68. The van der Waals surface area contributed by atoms with Crippen molar-refractivity contribution >= 4 is 0 Å². The first-order chi connectivity index (χ1) is 8.47. The third-order valence-corrected chi connectivity index (χ3v) is 3.48. The molecule has 18 heavy (non-hydrogen) atoms. The lowest BCUT2D eigenvalue weighted by Gasteiger charge is -2.36. The molecule has 0 aromatic heterocycles. The van der Waals surface area contributed by atoms with Crippen molar-refractivity contribution in [2.45, 2.75) is 38.4 Å². The Morgan fingerprint density at radius 1 is 1.28 bits per heavy atom. The van der Waals surface area contributed by atoms with Crippen LogP contribution in [0, 0.1) is 17.5 Å². The minimum Gasteiger partial charge on any atom is -0.328 e. The van der Waals surface area contributed by atoms with Crippen molar-refractivity contribution < 1.29 is 13.2 Å². The summed E-state index contributed by atoms with van der Waals surface area (Å²) in [6.45, 7) is 3.25. The maximum absolute atomic E-state index is 13.1. The first kappa shape index (κ1) is 13.4. The molecule has 1 fully saturated rings. The van der Waals surface area contributed by atoms with Crippen LogP contribution < -0.4 is 5.73 Å². The molecule has 2 rings (SSSR count). The van der Waals surface area contributed by atoms with Gasteiger partial charge in [0.25, 0.3) is 0 Å². The van der Waals surface area contributed by atoms with Crippen LogP contribution in [-0.2, 0) is 6.54 Å². The largest absolute Gasteiger partial charge is 0.328 e. The van der Waals surface area contributed by atoms with Crippen molar-refractivity contribution in [3.63, 3.8) is 0 Å². The SMILES string of the molecule is CC1CC(N)CCN1Cc1cc(F)c(F)c(F)c1. The van der Waals surface area contributed by atoms with Crippen LogP contribution in [0.15, 0.2) is 12.1 Å². The molecule has 1 heterocycles. The molecular weight excluding hydrogens is 241 g/mol. The number of hydrogen-bond donors (Lipinski definition) is 1. The van der Waals surface area contributed by atoms with Crippen molar-refractivity contribution in [1.82, 2.24) is 4.90 Å². The smallest absolute Gasteiger partial charge is 0.194 e. The summed E-state index contributed by atoms with van der Waals surface area (Å²) in [7, 11) is 0. The summed E-state index contributed by atoms with van der Waals surface area (Å²) in [6, 6.07) is 2.57. The van der Waals surface area contributed by atoms with Gasteiger partial charge in [0.2, 0.25) is 0 Å². The molecule has 2 unspecified atom stereocenters. The van der Waals surface area contributed by atoms with Crippen LogP contribution in [0.25, 0.3) is 0 Å². The highest BCUT2D eigenvalue weighted by Gasteiger charge is 2.23. The molecule has 2 nitrogen and oxygen atoms in total. The van der Waals surface area contributed by atoms with Crippen molar-refractivity contribution in [3.05, 3.63) is 35.1 Å². The Labute approximate surface area is 105 Å². The Morgan fingerprint density at radius 3 is 2.44 bits per heavy atom. The number of nitrogens with zero attached hydrogens (tertiary/aromatic N) is 1. The van der Waals surface area contributed by atoms with Gasteiger partial charge in [-0.05, 0) is 37.5 Å². The van der Waals surface area contributed by atoms with Gasteiger partial charge in [-0.15, -0.1) is 0 Å². The monoisotopic (exact) mass is 258 g/mol. The number of piperidine rings is 1. The molecule has 0 spiro atoms. The van der Waals surface area contributed by atoms with E-state index in [1.807, 2.05) is 6.92 Å². The standard InChI is InChI=1S/C13H17F3N2/c1-8-4-10(17)2-3-18(8)7-9-5-11(14)13(16)12(15)6-9/h5-6,8,10H,2-4,7,17H2,1H3. The summed E-state index contributed by atoms with van der Waals surface area (Å²) < 4.78 is 39.0. The minimum absolute atomic E-state index is 0.193. The van der Waals surface area contributed by atoms with E-state index in [0.29, 0.717) is 12.1 Å². The van der Waals surface area contributed by atoms with E-state index in [4.69, 9.17) is 5.73 Å². The van der Waals surface area contributed by atoms with Crippen molar-refractivity contribution in [3.8, 4) is 0 Å². The second kappa shape index (κ2) is 5.28. The number of benzene rings is 1. The van der Waals surface area contributed by atoms with Gasteiger partial charge in [-0.25, -0.2) is 13.2 Å². The molecule has 0 bridgehead atoms. The molecule has 5 heteroatoms. The van der Waals surface area contributed by atoms with Crippen LogP contribution in [0.4, 0.5) is 13.2 Å². The highest BCUT2D eigenvalue weighted by molar-refractivity contribution is 5.19. The predicted octanol–water partition coefficient (Wildman–Crippen LogP) is 2.42. The van der Waals surface area contributed by atoms with Gasteiger partial charge in [-0.2, -0.15) is 0 Å². The molecule has 1 aromatic rings. The summed E-state index contributed by atoms with van der Waals surface area (Å²) in [5.41, 5.74) is 6.31. The number of nitrogens with two attached hydrogens (primary N) is 1. The van der Waals surface area contributed by atoms with Crippen molar-refractivity contribution in [2.24, 2.45) is 5.73 Å². The molecular formula is C13H17F3N2. The van der Waals surface area contributed by atoms with E-state index in [2.05, 4.69) is 4.90 Å². The average molecular weight is 258 g/mol. The second-order valence-electron chi connectivity index (χ2n) is 4.98. The maximum Gasteiger partial charge on any atom is 0.194 e. The lowest BCUT2D eigenvalue weighted by atomic mass is 9.98. The molecule has 100 valence electrons. The highest BCUT2D eigenvalue weighted by Crippen LogP contribution is 2.20. The lowest BCUT2D eigenvalue weighted by molar-refractivity contribution is 0.139. The molecule has 1 saturated heterocycles. The molecule has 0 saturated carbocycles. The molecule has 1 aliphatic rings. The van der Waals surface area contributed by atoms with Crippen LogP contribution in [-0.4, -0.2) is 23.5 Å². The molecule has 2 atom stereocenters. The van der Waals surface area contributed by atoms with E-state index in [1.54, 1.807) is 0 Å². The van der Waals surface area contributed by atoms with Gasteiger partial charge in [0.15, 0.2) is 17.5 Å². The Balaban J connectivity index is 2.10. The number of likely N-dealkylation sites (tertiary alicyclic amines) is 1. The third-order valence-electron chi connectivity index (χ3n) is 3.48. The molecule has 1 aliphatic heterocycles. The molecule has 0 amide bonds. The topological polar surface area (TPSA) is 29.3 Å². The van der Waals surface area contributed by atoms with E-state index < -0.39 is 17.5 Å². The molecule has 2 N–H and O–H groups in total. The first-order valence-electron chi connectivity index (χ1n) is 6.10. The van der Waals surface area contributed by atoms with Crippen LogP contribution in [0.3, 0.4) is 0 Å². The van der Waals surface area contributed by atoms with Crippen molar-refractivity contribution in [2.75, 3.05) is 6.54 Å². The zero-order valence-corrected chi connectivity index (χ0v) is 10.3. The first-order valence-corrected chi connectivity index (χ1v) is 6.10. The summed E-state index contributed by atoms with van der Waals surface area (Å²) in [5, 5.41) is 0. The predicted molar refractivity (Wildman–Crippen MR) is 63.4 cm³/mol. The van der Waals surface area contributed by atoms with E-state index in [9.17, 15) is 13.2 Å². The fraction of sp³-hybridized carbons (Fsp3) is 0.538. The Hall–Kier alpha value is -1.07. The fourth-order valence-electron chi connectivity index (χ4n) is 2.43. The minimum atomic E-state index is -1.41. The van der Waals surface area contributed by atoms with Gasteiger partial charge in [0.05, 0.1) is 0 Å². The molecule has 1 aromatic carbocycles. The zero-order valence-electron chi connectivity index (χ0n) is 10.3. The highest BCUT2D eigenvalue weighted by atomic mass is 19.2. The van der Waals surface area contributed by atoms with Gasteiger partial charge >= 0.3 is 0 Å². The van der Waals surface area contributed by atoms with E-state index in [0.717, 1.165) is 31.5 Å². The summed E-state index contributed by atoms with van der Waals surface area (Å²) in [4.78, 5) is 2.11. The van der Waals surface area contributed by atoms with Gasteiger partial charge in [0.1, 0.15) is 0 Å². The van der Waals surface area contributed by atoms with Gasteiger partial charge in [-0.1, -0.05) is 0 Å². The molecule has 0 radical (unpaired) electrons. The van der Waals surface area contributed by atoms with Gasteiger partial charge < -0.3 is 5.73 Å². The van der Waals surface area contributed by atoms with Crippen molar-refractivity contribution in [1.29, 1.82) is 0 Å². The number of hydrogen-bond acceptors (Lipinski definition) is 2. The van der Waals surface area contributed by atoms with E-state index >= 15 is 0 Å². The molecule has 0 aliphatic carbocycles. The summed E-state index contributed by atoms with van der Waals surface area (Å²) in [6.07, 6.45) is 1.74. The maximum atomic E-state index is 13.1. The quantitative estimate of drug-likeness (QED) is 0.825. The van der Waals surface area contributed by atoms with E-state index in [-0.39, 0.29) is 12.1 Å². The van der Waals surface area contributed by atoms with Gasteiger partial charge in [-0.3, -0.25) is 4.90 Å². The second-order valence-corrected chi connectivity index (χ2v) is 4.98.